The molecule has 0 atom stereocenters. The molecule has 1 fully saturated rings. The lowest BCUT2D eigenvalue weighted by molar-refractivity contribution is -0.00308. The van der Waals surface area contributed by atoms with E-state index < -0.39 is 5.60 Å². The minimum atomic E-state index is -0.776. The van der Waals surface area contributed by atoms with Gasteiger partial charge in [0.05, 0.1) is 5.60 Å². The Bertz CT molecular complexity index is 416. The van der Waals surface area contributed by atoms with Gasteiger partial charge in [0, 0.05) is 17.5 Å². The van der Waals surface area contributed by atoms with Crippen molar-refractivity contribution in [1.29, 1.82) is 0 Å². The lowest BCUT2D eigenvalue weighted by atomic mass is 9.78. The molecule has 4 heteroatoms. The molecule has 2 N–H and O–H groups in total. The largest absolute Gasteiger partial charge is 0.390 e. The van der Waals surface area contributed by atoms with Crippen molar-refractivity contribution in [3.8, 4) is 0 Å². The lowest BCUT2D eigenvalue weighted by Gasteiger charge is -2.36. The summed E-state index contributed by atoms with van der Waals surface area (Å²) in [6.07, 6.45) is 3.65. The molecule has 2 rings (SSSR count). The Morgan fingerprint density at radius 1 is 1.44 bits per heavy atom. The van der Waals surface area contributed by atoms with E-state index in [1.807, 2.05) is 7.05 Å². The van der Waals surface area contributed by atoms with E-state index in [1.54, 1.807) is 12.1 Å². The first kappa shape index (κ1) is 13.8. The summed E-state index contributed by atoms with van der Waals surface area (Å²) in [5.41, 5.74) is -0.230. The highest BCUT2D eigenvalue weighted by Gasteiger charge is 2.33. The van der Waals surface area contributed by atoms with Crippen LogP contribution in [-0.4, -0.2) is 23.8 Å². The number of hydrogen-bond donors (Lipinski definition) is 2. The summed E-state index contributed by atoms with van der Waals surface area (Å²) in [7, 11) is 1.94. The van der Waals surface area contributed by atoms with Gasteiger partial charge in [-0.15, -0.1) is 0 Å². The molecule has 1 saturated carbocycles. The summed E-state index contributed by atoms with van der Waals surface area (Å²) >= 11 is 5.72. The molecule has 0 saturated heterocycles. The highest BCUT2D eigenvalue weighted by Crippen LogP contribution is 2.32. The summed E-state index contributed by atoms with van der Waals surface area (Å²) in [5, 5.41) is 14.1. The fraction of sp³-hybridized carbons (Fsp3) is 0.571. The van der Waals surface area contributed by atoms with Crippen LogP contribution in [0.3, 0.4) is 0 Å². The zero-order valence-electron chi connectivity index (χ0n) is 10.5. The fourth-order valence-electron chi connectivity index (χ4n) is 2.64. The van der Waals surface area contributed by atoms with Gasteiger partial charge < -0.3 is 10.4 Å². The predicted octanol–water partition coefficient (Wildman–Crippen LogP) is 2.91. The van der Waals surface area contributed by atoms with E-state index in [0.29, 0.717) is 35.9 Å². The number of rotatable bonds is 3. The smallest absolute Gasteiger partial charge is 0.127 e. The summed E-state index contributed by atoms with van der Waals surface area (Å²) < 4.78 is 13.7. The molecule has 1 aliphatic carbocycles. The zero-order valence-corrected chi connectivity index (χ0v) is 11.3. The molecule has 1 aromatic carbocycles. The summed E-state index contributed by atoms with van der Waals surface area (Å²) in [6.45, 7) is 0. The molecule has 1 aliphatic rings. The average molecular weight is 272 g/mol. The number of aliphatic hydroxyl groups is 1. The molecule has 0 aromatic heterocycles. The normalized spacial score (nSPS) is 28.3. The van der Waals surface area contributed by atoms with Gasteiger partial charge in [-0.3, -0.25) is 0 Å². The first-order valence-electron chi connectivity index (χ1n) is 6.36. The summed E-state index contributed by atoms with van der Waals surface area (Å²) in [5.74, 6) is -0.327. The van der Waals surface area contributed by atoms with Crippen LogP contribution in [0.25, 0.3) is 0 Å². The Kier molecular flexibility index (Phi) is 4.25. The second-order valence-corrected chi connectivity index (χ2v) is 5.64. The Morgan fingerprint density at radius 2 is 2.11 bits per heavy atom. The third-order valence-corrected chi connectivity index (χ3v) is 4.09. The molecule has 1 aromatic rings. The topological polar surface area (TPSA) is 32.3 Å². The van der Waals surface area contributed by atoms with E-state index in [2.05, 4.69) is 5.32 Å². The molecular formula is C14H19ClFNO. The lowest BCUT2D eigenvalue weighted by Crippen LogP contribution is -2.41. The molecule has 0 bridgehead atoms. The highest BCUT2D eigenvalue weighted by molar-refractivity contribution is 6.30. The Morgan fingerprint density at radius 3 is 2.67 bits per heavy atom. The van der Waals surface area contributed by atoms with Crippen LogP contribution in [0.4, 0.5) is 4.39 Å². The first-order valence-corrected chi connectivity index (χ1v) is 6.74. The summed E-state index contributed by atoms with van der Waals surface area (Å²) in [4.78, 5) is 0. The number of hydrogen-bond acceptors (Lipinski definition) is 2. The van der Waals surface area contributed by atoms with Crippen LogP contribution in [0, 0.1) is 5.82 Å². The van der Waals surface area contributed by atoms with E-state index in [-0.39, 0.29) is 5.82 Å². The molecule has 100 valence electrons. The van der Waals surface area contributed by atoms with Crippen LogP contribution in [0.2, 0.25) is 5.02 Å². The van der Waals surface area contributed by atoms with Crippen molar-refractivity contribution in [3.05, 3.63) is 34.6 Å². The highest BCUT2D eigenvalue weighted by atomic mass is 35.5. The van der Waals surface area contributed by atoms with Crippen LogP contribution in [0.5, 0.6) is 0 Å². The van der Waals surface area contributed by atoms with Crippen LogP contribution in [-0.2, 0) is 6.42 Å². The van der Waals surface area contributed by atoms with E-state index in [4.69, 9.17) is 11.6 Å². The van der Waals surface area contributed by atoms with Crippen molar-refractivity contribution >= 4 is 11.6 Å². The van der Waals surface area contributed by atoms with Gasteiger partial charge in [-0.2, -0.15) is 0 Å². The third kappa shape index (κ3) is 3.22. The molecular weight excluding hydrogens is 253 g/mol. The molecule has 0 amide bonds. The maximum absolute atomic E-state index is 13.7. The van der Waals surface area contributed by atoms with Gasteiger partial charge in [0.2, 0.25) is 0 Å². The van der Waals surface area contributed by atoms with Crippen molar-refractivity contribution < 1.29 is 9.50 Å². The first-order chi connectivity index (χ1) is 8.52. The standard InChI is InChI=1S/C14H19ClFNO/c1-17-12-4-6-14(18,7-5-12)9-10-2-3-11(15)8-13(10)16/h2-3,8,12,17-18H,4-7,9H2,1H3. The quantitative estimate of drug-likeness (QED) is 0.886. The molecule has 0 aliphatic heterocycles. The van der Waals surface area contributed by atoms with E-state index in [9.17, 15) is 9.50 Å². The van der Waals surface area contributed by atoms with Crippen LogP contribution in [0.1, 0.15) is 31.2 Å². The van der Waals surface area contributed by atoms with Crippen molar-refractivity contribution in [2.45, 2.75) is 43.7 Å². The Labute approximate surface area is 112 Å². The van der Waals surface area contributed by atoms with Crippen molar-refractivity contribution in [2.24, 2.45) is 0 Å². The van der Waals surface area contributed by atoms with E-state index in [0.717, 1.165) is 12.8 Å². The minimum absolute atomic E-state index is 0.327. The van der Waals surface area contributed by atoms with Gasteiger partial charge in [0.1, 0.15) is 5.82 Å². The monoisotopic (exact) mass is 271 g/mol. The molecule has 0 spiro atoms. The molecule has 2 nitrogen and oxygen atoms in total. The van der Waals surface area contributed by atoms with Gasteiger partial charge in [-0.25, -0.2) is 4.39 Å². The van der Waals surface area contributed by atoms with Crippen molar-refractivity contribution in [1.82, 2.24) is 5.32 Å². The third-order valence-electron chi connectivity index (χ3n) is 3.86. The van der Waals surface area contributed by atoms with Gasteiger partial charge in [-0.1, -0.05) is 17.7 Å². The van der Waals surface area contributed by atoms with Gasteiger partial charge in [0.25, 0.3) is 0 Å². The Balaban J connectivity index is 2.04. The van der Waals surface area contributed by atoms with E-state index >= 15 is 0 Å². The second-order valence-electron chi connectivity index (χ2n) is 5.20. The van der Waals surface area contributed by atoms with Crippen molar-refractivity contribution in [2.75, 3.05) is 7.05 Å². The second kappa shape index (κ2) is 5.55. The number of benzene rings is 1. The van der Waals surface area contributed by atoms with Crippen LogP contribution >= 0.6 is 11.6 Å². The maximum atomic E-state index is 13.7. The maximum Gasteiger partial charge on any atom is 0.127 e. The predicted molar refractivity (Wildman–Crippen MR) is 71.4 cm³/mol. The van der Waals surface area contributed by atoms with Crippen molar-refractivity contribution in [3.63, 3.8) is 0 Å². The molecule has 0 heterocycles. The van der Waals surface area contributed by atoms with Crippen LogP contribution < -0.4 is 5.32 Å². The zero-order chi connectivity index (χ0) is 13.2. The summed E-state index contributed by atoms with van der Waals surface area (Å²) in [6, 6.07) is 5.11. The molecule has 18 heavy (non-hydrogen) atoms. The fourth-order valence-corrected chi connectivity index (χ4v) is 2.80. The van der Waals surface area contributed by atoms with Gasteiger partial charge >= 0.3 is 0 Å². The van der Waals surface area contributed by atoms with Gasteiger partial charge in [-0.05, 0) is 50.4 Å². The average Bonchev–Trinajstić information content (AvgIpc) is 2.34. The van der Waals surface area contributed by atoms with Crippen LogP contribution in [0.15, 0.2) is 18.2 Å². The number of nitrogens with one attached hydrogen (secondary N) is 1. The Hall–Kier alpha value is -0.640. The van der Waals surface area contributed by atoms with Gasteiger partial charge in [0.15, 0.2) is 0 Å². The molecule has 0 radical (unpaired) electrons. The SMILES string of the molecule is CNC1CCC(O)(Cc2ccc(Cl)cc2F)CC1. The number of halogens is 2. The minimum Gasteiger partial charge on any atom is -0.390 e. The molecule has 0 unspecified atom stereocenters. The van der Waals surface area contributed by atoms with E-state index in [1.165, 1.54) is 6.07 Å².